The average molecular weight is 543 g/mol. The average Bonchev–Trinajstić information content (AvgIpc) is 3.49. The molecule has 1 N–H and O–H groups in total. The number of amides is 1. The fourth-order valence-corrected chi connectivity index (χ4v) is 5.68. The second kappa shape index (κ2) is 11.3. The fraction of sp³-hybridized carbons (Fsp3) is 0.258. The highest BCUT2D eigenvalue weighted by atomic mass is 32.1. The van der Waals surface area contributed by atoms with Gasteiger partial charge >= 0.3 is 5.91 Å². The number of aliphatic hydroxyl groups is 1. The van der Waals surface area contributed by atoms with E-state index in [0.29, 0.717) is 41.0 Å². The molecule has 2 heterocycles. The number of ketones is 1. The van der Waals surface area contributed by atoms with Crippen LogP contribution in [0.2, 0.25) is 0 Å². The predicted molar refractivity (Wildman–Crippen MR) is 154 cm³/mol. The maximum absolute atomic E-state index is 13.5. The molecule has 7 nitrogen and oxygen atoms in total. The highest BCUT2D eigenvalue weighted by Crippen LogP contribution is 2.44. The Bertz CT molecular complexity index is 1540. The summed E-state index contributed by atoms with van der Waals surface area (Å²) >= 11 is 1.36. The van der Waals surface area contributed by atoms with Gasteiger partial charge in [-0.3, -0.25) is 14.5 Å². The number of ether oxygens (including phenoxy) is 2. The van der Waals surface area contributed by atoms with Crippen LogP contribution in [0.3, 0.4) is 0 Å². The van der Waals surface area contributed by atoms with Crippen LogP contribution in [0.5, 0.6) is 11.5 Å². The Morgan fingerprint density at radius 2 is 1.64 bits per heavy atom. The molecule has 1 amide bonds. The smallest absolute Gasteiger partial charge is 0.301 e. The number of aryl methyl sites for hydroxylation is 1. The summed E-state index contributed by atoms with van der Waals surface area (Å²) in [5.74, 6) is -0.393. The Balaban J connectivity index is 1.64. The van der Waals surface area contributed by atoms with E-state index >= 15 is 0 Å². The number of benzene rings is 3. The monoisotopic (exact) mass is 542 g/mol. The number of rotatable bonds is 9. The van der Waals surface area contributed by atoms with Crippen LogP contribution in [0.1, 0.15) is 49.9 Å². The number of Topliss-reactive ketones (excluding diaryl/α,β-unsaturated/α-hetero) is 1. The molecule has 0 saturated carbocycles. The second-order valence-corrected chi connectivity index (χ2v) is 10.2. The van der Waals surface area contributed by atoms with Gasteiger partial charge in [0.05, 0.1) is 35.0 Å². The van der Waals surface area contributed by atoms with Gasteiger partial charge in [0.25, 0.3) is 5.78 Å². The first kappa shape index (κ1) is 26.4. The van der Waals surface area contributed by atoms with Gasteiger partial charge in [-0.15, -0.1) is 0 Å². The largest absolute Gasteiger partial charge is 0.507 e. The number of aromatic nitrogens is 1. The molecule has 3 aromatic carbocycles. The Morgan fingerprint density at radius 3 is 2.31 bits per heavy atom. The van der Waals surface area contributed by atoms with Crippen molar-refractivity contribution in [1.29, 1.82) is 0 Å². The minimum Gasteiger partial charge on any atom is -0.507 e. The molecule has 0 radical (unpaired) electrons. The molecule has 1 fully saturated rings. The number of thiazole rings is 1. The molecule has 1 aliphatic rings. The first-order valence-corrected chi connectivity index (χ1v) is 13.9. The van der Waals surface area contributed by atoms with Crippen LogP contribution < -0.4 is 14.4 Å². The first-order chi connectivity index (χ1) is 18.9. The van der Waals surface area contributed by atoms with Crippen molar-refractivity contribution >= 4 is 44.1 Å². The van der Waals surface area contributed by atoms with Crippen LogP contribution in [0, 0.1) is 0 Å². The summed E-state index contributed by atoms with van der Waals surface area (Å²) in [7, 11) is 0. The van der Waals surface area contributed by atoms with Crippen molar-refractivity contribution < 1.29 is 24.2 Å². The highest BCUT2D eigenvalue weighted by molar-refractivity contribution is 7.22. The summed E-state index contributed by atoms with van der Waals surface area (Å²) in [6, 6.07) is 19.2. The minimum absolute atomic E-state index is 0.0138. The van der Waals surface area contributed by atoms with E-state index < -0.39 is 17.7 Å². The van der Waals surface area contributed by atoms with Crippen LogP contribution in [0.4, 0.5) is 5.13 Å². The van der Waals surface area contributed by atoms with Crippen molar-refractivity contribution in [2.24, 2.45) is 0 Å². The van der Waals surface area contributed by atoms with Crippen molar-refractivity contribution in [3.63, 3.8) is 0 Å². The predicted octanol–water partition coefficient (Wildman–Crippen LogP) is 6.67. The van der Waals surface area contributed by atoms with Gasteiger partial charge in [-0.2, -0.15) is 0 Å². The number of carbonyl (C=O) groups excluding carboxylic acids is 2. The third kappa shape index (κ3) is 5.12. The van der Waals surface area contributed by atoms with E-state index in [1.807, 2.05) is 50.2 Å². The van der Waals surface area contributed by atoms with Crippen LogP contribution in [-0.4, -0.2) is 35.0 Å². The summed E-state index contributed by atoms with van der Waals surface area (Å²) in [4.78, 5) is 33.2. The third-order valence-corrected chi connectivity index (χ3v) is 7.63. The number of fused-ring (bicyclic) bond motifs is 1. The van der Waals surface area contributed by atoms with Crippen LogP contribution in [0.15, 0.2) is 72.3 Å². The van der Waals surface area contributed by atoms with Crippen LogP contribution in [-0.2, 0) is 16.0 Å². The Hall–Kier alpha value is -4.17. The second-order valence-electron chi connectivity index (χ2n) is 9.20. The van der Waals surface area contributed by atoms with Gasteiger partial charge in [-0.05, 0) is 79.4 Å². The SMILES string of the molecule is CCCOc1ccc([C@H]2/C(=C(\O)c3ccc(OCC)cc3)C(=O)C(=O)N2c2nc3ccc(CC)cc3s2)cc1. The quantitative estimate of drug-likeness (QED) is 0.144. The lowest BCUT2D eigenvalue weighted by molar-refractivity contribution is -0.132. The molecule has 39 heavy (non-hydrogen) atoms. The lowest BCUT2D eigenvalue weighted by atomic mass is 9.95. The summed E-state index contributed by atoms with van der Waals surface area (Å²) in [5.41, 5.74) is 3.01. The van der Waals surface area contributed by atoms with Gasteiger partial charge in [0, 0.05) is 5.56 Å². The number of anilines is 1. The molecular formula is C31H30N2O5S. The van der Waals surface area contributed by atoms with Gasteiger partial charge in [-0.25, -0.2) is 4.98 Å². The highest BCUT2D eigenvalue weighted by Gasteiger charge is 2.48. The molecule has 8 heteroatoms. The van der Waals surface area contributed by atoms with Crippen molar-refractivity contribution in [3.8, 4) is 11.5 Å². The van der Waals surface area contributed by atoms with Gasteiger partial charge in [0.15, 0.2) is 5.13 Å². The van der Waals surface area contributed by atoms with Gasteiger partial charge in [0.1, 0.15) is 17.3 Å². The molecule has 1 aliphatic heterocycles. The fourth-order valence-electron chi connectivity index (χ4n) is 4.62. The van der Waals surface area contributed by atoms with E-state index in [-0.39, 0.29) is 11.3 Å². The van der Waals surface area contributed by atoms with Crippen molar-refractivity contribution in [1.82, 2.24) is 4.98 Å². The molecule has 5 rings (SSSR count). The molecule has 1 saturated heterocycles. The molecule has 1 atom stereocenters. The zero-order chi connectivity index (χ0) is 27.5. The molecule has 0 aliphatic carbocycles. The van der Waals surface area contributed by atoms with E-state index in [4.69, 9.17) is 14.5 Å². The van der Waals surface area contributed by atoms with Crippen molar-refractivity contribution in [2.45, 2.75) is 39.7 Å². The molecule has 0 bridgehead atoms. The maximum Gasteiger partial charge on any atom is 0.301 e. The summed E-state index contributed by atoms with van der Waals surface area (Å²) in [5, 5.41) is 11.8. The van der Waals surface area contributed by atoms with Crippen LogP contribution in [0.25, 0.3) is 16.0 Å². The Kier molecular flexibility index (Phi) is 7.65. The lowest BCUT2D eigenvalue weighted by Crippen LogP contribution is -2.29. The summed E-state index contributed by atoms with van der Waals surface area (Å²) in [6.07, 6.45) is 1.75. The summed E-state index contributed by atoms with van der Waals surface area (Å²) in [6.45, 7) is 7.09. The number of hydrogen-bond acceptors (Lipinski definition) is 7. The van der Waals surface area contributed by atoms with Crippen LogP contribution >= 0.6 is 11.3 Å². The first-order valence-electron chi connectivity index (χ1n) is 13.1. The normalized spacial score (nSPS) is 16.7. The number of nitrogens with zero attached hydrogens (tertiary/aromatic N) is 2. The van der Waals surface area contributed by atoms with Gasteiger partial charge in [0.2, 0.25) is 0 Å². The Labute approximate surface area is 231 Å². The van der Waals surface area contributed by atoms with Gasteiger partial charge in [-0.1, -0.05) is 43.4 Å². The van der Waals surface area contributed by atoms with E-state index in [2.05, 4.69) is 13.0 Å². The minimum atomic E-state index is -0.858. The molecule has 0 spiro atoms. The maximum atomic E-state index is 13.5. The van der Waals surface area contributed by atoms with Crippen molar-refractivity contribution in [2.75, 3.05) is 18.1 Å². The van der Waals surface area contributed by atoms with Crippen molar-refractivity contribution in [3.05, 3.63) is 89.0 Å². The number of hydrogen-bond donors (Lipinski definition) is 1. The van der Waals surface area contributed by atoms with E-state index in [1.54, 1.807) is 24.3 Å². The zero-order valence-corrected chi connectivity index (χ0v) is 23.0. The Morgan fingerprint density at radius 1 is 0.949 bits per heavy atom. The molecule has 1 aromatic heterocycles. The molecule has 0 unspecified atom stereocenters. The number of carbonyl (C=O) groups is 2. The van der Waals surface area contributed by atoms with E-state index in [1.165, 1.54) is 16.2 Å². The van der Waals surface area contributed by atoms with E-state index in [9.17, 15) is 14.7 Å². The third-order valence-electron chi connectivity index (χ3n) is 6.61. The molecular weight excluding hydrogens is 512 g/mol. The number of aliphatic hydroxyl groups excluding tert-OH is 1. The van der Waals surface area contributed by atoms with Gasteiger partial charge < -0.3 is 14.6 Å². The van der Waals surface area contributed by atoms with E-state index in [0.717, 1.165) is 28.6 Å². The zero-order valence-electron chi connectivity index (χ0n) is 22.1. The summed E-state index contributed by atoms with van der Waals surface area (Å²) < 4.78 is 12.2. The topological polar surface area (TPSA) is 89.0 Å². The lowest BCUT2D eigenvalue weighted by Gasteiger charge is -2.23. The molecule has 200 valence electrons. The standard InChI is InChI=1S/C31H30N2O5S/c1-4-17-38-23-12-8-20(9-13-23)27-26(28(34)21-10-14-22(15-11-21)37-6-3)29(35)30(36)33(27)31-32-24-16-7-19(5-2)18-25(24)39-31/h7-16,18,27,34H,4-6,17H2,1-3H3/b28-26+/t27-/m0/s1. The molecule has 4 aromatic rings.